The lowest BCUT2D eigenvalue weighted by molar-refractivity contribution is -0.148. The third-order valence-corrected chi connectivity index (χ3v) is 3.64. The van der Waals surface area contributed by atoms with Gasteiger partial charge in [-0.25, -0.2) is 4.79 Å². The molecule has 162 valence electrons. The van der Waals surface area contributed by atoms with Gasteiger partial charge in [-0.1, -0.05) is 0 Å². The molecular formula is C20H30N2O7. The summed E-state index contributed by atoms with van der Waals surface area (Å²) in [4.78, 5) is 35.3. The van der Waals surface area contributed by atoms with Crippen LogP contribution in [-0.4, -0.2) is 50.9 Å². The van der Waals surface area contributed by atoms with Crippen molar-refractivity contribution < 1.29 is 33.3 Å². The highest BCUT2D eigenvalue weighted by atomic mass is 16.6. The highest BCUT2D eigenvalue weighted by Gasteiger charge is 2.18. The second-order valence-electron chi connectivity index (χ2n) is 7.24. The van der Waals surface area contributed by atoms with E-state index in [0.29, 0.717) is 11.5 Å². The summed E-state index contributed by atoms with van der Waals surface area (Å²) >= 11 is 0. The quantitative estimate of drug-likeness (QED) is 0.601. The molecule has 0 aliphatic rings. The molecule has 29 heavy (non-hydrogen) atoms. The third-order valence-electron chi connectivity index (χ3n) is 3.64. The van der Waals surface area contributed by atoms with Gasteiger partial charge in [0.25, 0.3) is 5.91 Å². The Balaban J connectivity index is 2.41. The Morgan fingerprint density at radius 3 is 2.38 bits per heavy atom. The van der Waals surface area contributed by atoms with E-state index in [1.54, 1.807) is 53.0 Å². The number of nitrogens with one attached hydrogen (secondary N) is 2. The fraction of sp³-hybridized carbons (Fsp3) is 0.550. The van der Waals surface area contributed by atoms with Gasteiger partial charge in [-0.3, -0.25) is 9.59 Å². The molecule has 1 aromatic carbocycles. The van der Waals surface area contributed by atoms with Crippen LogP contribution >= 0.6 is 0 Å². The molecular weight excluding hydrogens is 380 g/mol. The van der Waals surface area contributed by atoms with Crippen LogP contribution in [-0.2, 0) is 19.1 Å². The Morgan fingerprint density at radius 1 is 1.10 bits per heavy atom. The van der Waals surface area contributed by atoms with E-state index in [9.17, 15) is 14.4 Å². The van der Waals surface area contributed by atoms with Crippen LogP contribution in [0.15, 0.2) is 18.2 Å². The van der Waals surface area contributed by atoms with E-state index >= 15 is 0 Å². The lowest BCUT2D eigenvalue weighted by atomic mass is 10.1. The summed E-state index contributed by atoms with van der Waals surface area (Å²) < 4.78 is 20.5. The highest BCUT2D eigenvalue weighted by molar-refractivity contribution is 5.81. The molecule has 0 heterocycles. The van der Waals surface area contributed by atoms with Crippen LogP contribution in [0.3, 0.4) is 0 Å². The zero-order valence-electron chi connectivity index (χ0n) is 17.8. The van der Waals surface area contributed by atoms with Crippen LogP contribution in [0.25, 0.3) is 0 Å². The number of benzene rings is 1. The minimum atomic E-state index is -0.621. The summed E-state index contributed by atoms with van der Waals surface area (Å²) in [5.74, 6) is 0.160. The Bertz CT molecular complexity index is 713. The molecule has 9 nitrogen and oxygen atoms in total. The number of carbonyl (C=O) groups excluding carboxylic acids is 3. The lowest BCUT2D eigenvalue weighted by Crippen LogP contribution is -2.34. The van der Waals surface area contributed by atoms with Crippen molar-refractivity contribution in [3.8, 4) is 11.5 Å². The first-order valence-corrected chi connectivity index (χ1v) is 9.19. The first-order valence-electron chi connectivity index (χ1n) is 9.19. The van der Waals surface area contributed by atoms with Crippen molar-refractivity contribution in [1.29, 1.82) is 0 Å². The van der Waals surface area contributed by atoms with Crippen LogP contribution in [0.5, 0.6) is 11.5 Å². The largest absolute Gasteiger partial charge is 0.497 e. The standard InChI is InChI=1S/C20H30N2O7/c1-13(15-11-14(26-5)7-8-16(15)27-6)22-17(23)12-28-18(24)9-10-21-19(25)29-20(2,3)4/h7-8,11,13H,9-10,12H2,1-6H3,(H,21,25)(H,22,23)/t13-/m1/s1. The molecule has 0 radical (unpaired) electrons. The number of rotatable bonds is 9. The molecule has 0 unspecified atom stereocenters. The van der Waals surface area contributed by atoms with Gasteiger partial charge >= 0.3 is 12.1 Å². The number of alkyl carbamates (subject to hydrolysis) is 1. The van der Waals surface area contributed by atoms with Gasteiger partial charge in [0, 0.05) is 12.1 Å². The molecule has 1 rings (SSSR count). The van der Waals surface area contributed by atoms with Crippen LogP contribution in [0.4, 0.5) is 4.79 Å². The van der Waals surface area contributed by atoms with Crippen LogP contribution in [0.1, 0.15) is 45.7 Å². The van der Waals surface area contributed by atoms with Gasteiger partial charge < -0.3 is 29.6 Å². The zero-order chi connectivity index (χ0) is 22.0. The van der Waals surface area contributed by atoms with Gasteiger partial charge in [0.1, 0.15) is 17.1 Å². The summed E-state index contributed by atoms with van der Waals surface area (Å²) in [6.07, 6.45) is -0.699. The van der Waals surface area contributed by atoms with Gasteiger partial charge in [0.05, 0.1) is 26.7 Å². The molecule has 0 fully saturated rings. The van der Waals surface area contributed by atoms with E-state index < -0.39 is 30.2 Å². The Kier molecular flexibility index (Phi) is 9.24. The number of amides is 2. The number of methoxy groups -OCH3 is 2. The minimum Gasteiger partial charge on any atom is -0.497 e. The monoisotopic (exact) mass is 410 g/mol. The van der Waals surface area contributed by atoms with E-state index in [1.165, 1.54) is 7.11 Å². The van der Waals surface area contributed by atoms with Crippen LogP contribution < -0.4 is 20.1 Å². The number of hydrogen-bond acceptors (Lipinski definition) is 7. The van der Waals surface area contributed by atoms with Crippen molar-refractivity contribution in [2.75, 3.05) is 27.4 Å². The topological polar surface area (TPSA) is 112 Å². The van der Waals surface area contributed by atoms with Gasteiger partial charge in [-0.2, -0.15) is 0 Å². The fourth-order valence-electron chi connectivity index (χ4n) is 2.34. The maximum atomic E-state index is 12.1. The summed E-state index contributed by atoms with van der Waals surface area (Å²) in [5.41, 5.74) is 0.109. The maximum absolute atomic E-state index is 12.1. The normalized spacial score (nSPS) is 11.8. The number of esters is 1. The van der Waals surface area contributed by atoms with E-state index in [0.717, 1.165) is 5.56 Å². The predicted octanol–water partition coefficient (Wildman–Crippen LogP) is 2.34. The summed E-state index contributed by atoms with van der Waals surface area (Å²) in [6, 6.07) is 4.87. The van der Waals surface area contributed by atoms with Crippen molar-refractivity contribution in [3.05, 3.63) is 23.8 Å². The van der Waals surface area contributed by atoms with Gasteiger partial charge in [0.15, 0.2) is 6.61 Å². The maximum Gasteiger partial charge on any atom is 0.407 e. The smallest absolute Gasteiger partial charge is 0.407 e. The second-order valence-corrected chi connectivity index (χ2v) is 7.24. The second kappa shape index (κ2) is 11.1. The van der Waals surface area contributed by atoms with Crippen molar-refractivity contribution >= 4 is 18.0 Å². The molecule has 1 aromatic rings. The first kappa shape index (κ1) is 24.1. The number of carbonyl (C=O) groups is 3. The van der Waals surface area contributed by atoms with Crippen molar-refractivity contribution in [2.45, 2.75) is 45.8 Å². The summed E-state index contributed by atoms with van der Waals surface area (Å²) in [7, 11) is 3.08. The predicted molar refractivity (Wildman–Crippen MR) is 106 cm³/mol. The molecule has 0 bridgehead atoms. The number of ether oxygens (including phenoxy) is 4. The van der Waals surface area contributed by atoms with E-state index in [1.807, 2.05) is 0 Å². The average Bonchev–Trinajstić information content (AvgIpc) is 2.64. The molecule has 9 heteroatoms. The molecule has 2 N–H and O–H groups in total. The Labute approximate surface area is 171 Å². The molecule has 0 aliphatic carbocycles. The summed E-state index contributed by atoms with van der Waals surface area (Å²) in [5, 5.41) is 5.18. The lowest BCUT2D eigenvalue weighted by Gasteiger charge is -2.19. The molecule has 0 spiro atoms. The first-order chi connectivity index (χ1) is 13.6. The van der Waals surface area contributed by atoms with E-state index in [2.05, 4.69) is 10.6 Å². The Morgan fingerprint density at radius 2 is 1.79 bits per heavy atom. The van der Waals surface area contributed by atoms with Gasteiger partial charge in [0.2, 0.25) is 0 Å². The molecule has 0 aromatic heterocycles. The zero-order valence-corrected chi connectivity index (χ0v) is 17.8. The highest BCUT2D eigenvalue weighted by Crippen LogP contribution is 2.29. The molecule has 0 saturated carbocycles. The van der Waals surface area contributed by atoms with Crippen molar-refractivity contribution in [2.24, 2.45) is 0 Å². The van der Waals surface area contributed by atoms with Gasteiger partial charge in [-0.05, 0) is 45.9 Å². The van der Waals surface area contributed by atoms with Crippen molar-refractivity contribution in [1.82, 2.24) is 10.6 Å². The number of hydrogen-bond donors (Lipinski definition) is 2. The van der Waals surface area contributed by atoms with Crippen LogP contribution in [0, 0.1) is 0 Å². The minimum absolute atomic E-state index is 0.0484. The van der Waals surface area contributed by atoms with E-state index in [-0.39, 0.29) is 19.0 Å². The average molecular weight is 410 g/mol. The van der Waals surface area contributed by atoms with Crippen molar-refractivity contribution in [3.63, 3.8) is 0 Å². The van der Waals surface area contributed by atoms with Crippen LogP contribution in [0.2, 0.25) is 0 Å². The van der Waals surface area contributed by atoms with Gasteiger partial charge in [-0.15, -0.1) is 0 Å². The van der Waals surface area contributed by atoms with E-state index in [4.69, 9.17) is 18.9 Å². The summed E-state index contributed by atoms with van der Waals surface area (Å²) in [6.45, 7) is 6.61. The molecule has 2 amide bonds. The molecule has 0 aliphatic heterocycles. The molecule has 0 saturated heterocycles. The SMILES string of the molecule is COc1ccc(OC)c([C@@H](C)NC(=O)COC(=O)CCNC(=O)OC(C)(C)C)c1. The Hall–Kier alpha value is -2.97. The fourth-order valence-corrected chi connectivity index (χ4v) is 2.34. The third kappa shape index (κ3) is 9.18. The molecule has 1 atom stereocenters.